The van der Waals surface area contributed by atoms with E-state index in [-0.39, 0.29) is 23.8 Å². The molecule has 3 aromatic carbocycles. The lowest BCUT2D eigenvalue weighted by molar-refractivity contribution is -0.121. The van der Waals surface area contributed by atoms with Crippen molar-refractivity contribution in [3.63, 3.8) is 0 Å². The predicted octanol–water partition coefficient (Wildman–Crippen LogP) is 6.56. The number of nitrogens with one attached hydrogen (secondary N) is 2. The Morgan fingerprint density at radius 1 is 0.978 bits per heavy atom. The zero-order valence-corrected chi connectivity index (χ0v) is 26.6. The van der Waals surface area contributed by atoms with Gasteiger partial charge in [0.15, 0.2) is 0 Å². The molecule has 5 aromatic rings. The Kier molecular flexibility index (Phi) is 7.96. The number of para-hydroxylation sites is 2. The Morgan fingerprint density at radius 3 is 2.58 bits per heavy atom. The normalized spacial score (nSPS) is 17.0. The second-order valence-electron chi connectivity index (χ2n) is 13.1. The number of nitrogens with zero attached hydrogens (tertiary/aromatic N) is 3. The number of anilines is 1. The van der Waals surface area contributed by atoms with E-state index in [2.05, 4.69) is 78.9 Å². The average Bonchev–Trinajstić information content (AvgIpc) is 3.65. The number of H-pyrrole nitrogens is 1. The molecule has 7 heteroatoms. The van der Waals surface area contributed by atoms with Crippen LogP contribution in [0.5, 0.6) is 0 Å². The topological polar surface area (TPSA) is 73.4 Å². The Balaban J connectivity index is 1.08. The summed E-state index contributed by atoms with van der Waals surface area (Å²) in [5.74, 6) is 0.599. The summed E-state index contributed by atoms with van der Waals surface area (Å²) in [5, 5.41) is 6.03. The van der Waals surface area contributed by atoms with E-state index in [1.807, 2.05) is 45.7 Å². The molecule has 2 aliphatic rings. The highest BCUT2D eigenvalue weighted by molar-refractivity contribution is 6.00. The van der Waals surface area contributed by atoms with Crippen molar-refractivity contribution in [2.24, 2.45) is 13.0 Å². The lowest BCUT2D eigenvalue weighted by atomic mass is 9.89. The smallest absolute Gasteiger partial charge is 0.270 e. The van der Waals surface area contributed by atoms with Gasteiger partial charge in [0.25, 0.3) is 5.91 Å². The molecule has 2 atom stereocenters. The lowest BCUT2D eigenvalue weighted by Gasteiger charge is -2.36. The third-order valence-electron chi connectivity index (χ3n) is 10.2. The third-order valence-corrected chi connectivity index (χ3v) is 10.2. The van der Waals surface area contributed by atoms with Crippen LogP contribution < -0.4 is 10.2 Å². The number of fused-ring (bicyclic) bond motifs is 3. The molecule has 2 aliphatic heterocycles. The molecular formula is C38H43N5O2. The number of rotatable bonds is 7. The maximum Gasteiger partial charge on any atom is 0.270 e. The number of amides is 2. The van der Waals surface area contributed by atoms with E-state index in [0.29, 0.717) is 5.92 Å². The molecular weight excluding hydrogens is 558 g/mol. The monoisotopic (exact) mass is 601 g/mol. The van der Waals surface area contributed by atoms with Gasteiger partial charge in [-0.3, -0.25) is 9.59 Å². The van der Waals surface area contributed by atoms with E-state index in [9.17, 15) is 9.59 Å². The number of hydrogen-bond acceptors (Lipinski definition) is 3. The summed E-state index contributed by atoms with van der Waals surface area (Å²) in [4.78, 5) is 35.4. The first kappa shape index (κ1) is 29.4. The summed E-state index contributed by atoms with van der Waals surface area (Å²) < 4.78 is 2.01. The van der Waals surface area contributed by atoms with Crippen LogP contribution in [0.25, 0.3) is 21.8 Å². The highest BCUT2D eigenvalue weighted by Crippen LogP contribution is 2.33. The summed E-state index contributed by atoms with van der Waals surface area (Å²) >= 11 is 0. The van der Waals surface area contributed by atoms with Crippen LogP contribution in [-0.4, -0.2) is 58.5 Å². The Morgan fingerprint density at radius 2 is 1.76 bits per heavy atom. The van der Waals surface area contributed by atoms with E-state index in [4.69, 9.17) is 0 Å². The average molecular weight is 602 g/mol. The number of benzene rings is 3. The number of carbonyl (C=O) groups excluding carboxylic acids is 2. The molecule has 0 spiro atoms. The van der Waals surface area contributed by atoms with Gasteiger partial charge in [-0.05, 0) is 80.5 Å². The van der Waals surface area contributed by atoms with E-state index >= 15 is 0 Å². The van der Waals surface area contributed by atoms with Gasteiger partial charge in [-0.15, -0.1) is 0 Å². The largest absolute Gasteiger partial charge is 0.361 e. The van der Waals surface area contributed by atoms with Gasteiger partial charge in [0, 0.05) is 66.3 Å². The third kappa shape index (κ3) is 5.54. The van der Waals surface area contributed by atoms with Crippen molar-refractivity contribution in [1.29, 1.82) is 0 Å². The minimum absolute atomic E-state index is 0.0300. The van der Waals surface area contributed by atoms with Crippen molar-refractivity contribution in [1.82, 2.24) is 19.8 Å². The van der Waals surface area contributed by atoms with Gasteiger partial charge >= 0.3 is 0 Å². The SMILES string of the molecule is Cc1ccc2c(c1)CCCN2C(=O)C(NCC1CCN(C(=O)c2cc3ccccc3n2C)CC1)C(C)c1c[nH]c2ccccc12. The molecule has 7 nitrogen and oxygen atoms in total. The minimum atomic E-state index is -0.369. The number of aryl methyl sites for hydroxylation is 3. The number of carbonyl (C=O) groups is 2. The molecule has 7 rings (SSSR count). The molecule has 232 valence electrons. The fourth-order valence-electron chi connectivity index (χ4n) is 7.54. The maximum atomic E-state index is 14.5. The molecule has 4 heterocycles. The standard InChI is InChI=1S/C38H43N5O2/c1-25-14-15-34-28(21-25)10-8-18-43(34)38(45)36(26(2)31-24-39-32-12-6-5-11-30(31)32)40-23-27-16-19-42(20-17-27)37(44)35-22-29-9-4-7-13-33(29)41(35)3/h4-7,9,11-15,21-22,24,26-27,36,39-40H,8,10,16-20,23H2,1-3H3. The molecule has 0 bridgehead atoms. The van der Waals surface area contributed by atoms with Crippen LogP contribution in [0.4, 0.5) is 5.69 Å². The fourth-order valence-corrected chi connectivity index (χ4v) is 7.54. The first-order valence-corrected chi connectivity index (χ1v) is 16.4. The van der Waals surface area contributed by atoms with Crippen molar-refractivity contribution in [2.45, 2.75) is 51.5 Å². The number of likely N-dealkylation sites (tertiary alicyclic amines) is 1. The molecule has 2 N–H and O–H groups in total. The molecule has 45 heavy (non-hydrogen) atoms. The summed E-state index contributed by atoms with van der Waals surface area (Å²) in [6.45, 7) is 7.22. The highest BCUT2D eigenvalue weighted by Gasteiger charge is 2.35. The van der Waals surface area contributed by atoms with Gasteiger partial charge in [-0.2, -0.15) is 0 Å². The van der Waals surface area contributed by atoms with Crippen molar-refractivity contribution < 1.29 is 9.59 Å². The van der Waals surface area contributed by atoms with E-state index in [1.54, 1.807) is 0 Å². The van der Waals surface area contributed by atoms with Crippen LogP contribution in [-0.2, 0) is 18.3 Å². The fraction of sp³-hybridized carbons (Fsp3) is 0.368. The van der Waals surface area contributed by atoms with Crippen LogP contribution >= 0.6 is 0 Å². The van der Waals surface area contributed by atoms with Gasteiger partial charge in [-0.1, -0.05) is 61.0 Å². The van der Waals surface area contributed by atoms with Crippen LogP contribution in [0.2, 0.25) is 0 Å². The molecule has 2 amide bonds. The quantitative estimate of drug-likeness (QED) is 0.222. The maximum absolute atomic E-state index is 14.5. The van der Waals surface area contributed by atoms with Crippen LogP contribution in [0, 0.1) is 12.8 Å². The first-order valence-electron chi connectivity index (χ1n) is 16.4. The molecule has 2 unspecified atom stereocenters. The molecule has 2 aromatic heterocycles. The predicted molar refractivity (Wildman–Crippen MR) is 182 cm³/mol. The zero-order valence-electron chi connectivity index (χ0n) is 26.6. The number of piperidine rings is 1. The summed E-state index contributed by atoms with van der Waals surface area (Å²) in [5.41, 5.74) is 7.61. The van der Waals surface area contributed by atoms with Crippen LogP contribution in [0.15, 0.2) is 79.0 Å². The lowest BCUT2D eigenvalue weighted by Crippen LogP contribution is -2.52. The highest BCUT2D eigenvalue weighted by atomic mass is 16.2. The summed E-state index contributed by atoms with van der Waals surface area (Å²) in [6.07, 6.45) is 5.88. The van der Waals surface area contributed by atoms with Crippen molar-refractivity contribution in [2.75, 3.05) is 31.1 Å². The van der Waals surface area contributed by atoms with Crippen molar-refractivity contribution in [3.05, 3.63) is 101 Å². The molecule has 1 fully saturated rings. The molecule has 0 saturated carbocycles. The zero-order chi connectivity index (χ0) is 31.1. The second-order valence-corrected chi connectivity index (χ2v) is 13.1. The van der Waals surface area contributed by atoms with E-state index in [1.165, 1.54) is 16.5 Å². The number of hydrogen-bond donors (Lipinski definition) is 2. The van der Waals surface area contributed by atoms with Crippen molar-refractivity contribution >= 4 is 39.3 Å². The molecule has 1 saturated heterocycles. The van der Waals surface area contributed by atoms with Gasteiger partial charge in [-0.25, -0.2) is 0 Å². The molecule has 0 radical (unpaired) electrons. The summed E-state index contributed by atoms with van der Waals surface area (Å²) in [6, 6.07) is 24.6. The van der Waals surface area contributed by atoms with E-state index < -0.39 is 0 Å². The van der Waals surface area contributed by atoms with Crippen LogP contribution in [0.3, 0.4) is 0 Å². The van der Waals surface area contributed by atoms with Gasteiger partial charge in [0.1, 0.15) is 5.69 Å². The second kappa shape index (κ2) is 12.2. The number of aromatic amines is 1. The molecule has 0 aliphatic carbocycles. The summed E-state index contributed by atoms with van der Waals surface area (Å²) in [7, 11) is 1.97. The Hall–Kier alpha value is -4.36. The van der Waals surface area contributed by atoms with Gasteiger partial charge < -0.3 is 24.7 Å². The minimum Gasteiger partial charge on any atom is -0.361 e. The van der Waals surface area contributed by atoms with Crippen molar-refractivity contribution in [3.8, 4) is 0 Å². The first-order chi connectivity index (χ1) is 21.9. The van der Waals surface area contributed by atoms with E-state index in [0.717, 1.165) is 85.2 Å². The Bertz CT molecular complexity index is 1860. The van der Waals surface area contributed by atoms with Gasteiger partial charge in [0.2, 0.25) is 5.91 Å². The Labute approximate surface area is 265 Å². The number of aromatic nitrogens is 2. The van der Waals surface area contributed by atoms with Crippen LogP contribution in [0.1, 0.15) is 59.3 Å². The van der Waals surface area contributed by atoms with Gasteiger partial charge in [0.05, 0.1) is 6.04 Å².